The van der Waals surface area contributed by atoms with Crippen molar-refractivity contribution in [2.45, 2.75) is 51.2 Å². The van der Waals surface area contributed by atoms with Crippen molar-refractivity contribution >= 4 is 35.6 Å². The topological polar surface area (TPSA) is 231 Å². The van der Waals surface area contributed by atoms with Crippen molar-refractivity contribution in [3.8, 4) is 0 Å². The molecule has 0 aliphatic carbocycles. The molecular weight excluding hydrogens is 390 g/mol. The molecule has 0 aromatic carbocycles. The number of rotatable bonds is 13. The fraction of sp³-hybridized carbons (Fsp3) is 0.625. The molecule has 0 radical (unpaired) electrons. The Bertz CT molecular complexity index is 651. The van der Waals surface area contributed by atoms with Crippen LogP contribution in [0, 0.1) is 5.92 Å². The van der Waals surface area contributed by atoms with E-state index in [0.717, 1.165) is 0 Å². The Balaban J connectivity index is 5.45. The highest BCUT2D eigenvalue weighted by Crippen LogP contribution is 2.05. The van der Waals surface area contributed by atoms with Gasteiger partial charge < -0.3 is 37.6 Å². The minimum Gasteiger partial charge on any atom is -0.481 e. The third kappa shape index (κ3) is 10.0. The van der Waals surface area contributed by atoms with Crippen LogP contribution in [0.1, 0.15) is 33.1 Å². The minimum atomic E-state index is -1.53. The van der Waals surface area contributed by atoms with Gasteiger partial charge in [-0.3, -0.25) is 24.0 Å². The Labute approximate surface area is 166 Å². The lowest BCUT2D eigenvalue weighted by molar-refractivity contribution is -0.144. The van der Waals surface area contributed by atoms with Crippen LogP contribution in [0.2, 0.25) is 0 Å². The van der Waals surface area contributed by atoms with Gasteiger partial charge in [0.2, 0.25) is 23.6 Å². The molecule has 13 nitrogen and oxygen atoms in total. The van der Waals surface area contributed by atoms with E-state index in [1.165, 1.54) is 0 Å². The summed E-state index contributed by atoms with van der Waals surface area (Å²) in [5.41, 5.74) is 10.2. The van der Waals surface area contributed by atoms with Gasteiger partial charge in [-0.1, -0.05) is 13.8 Å². The van der Waals surface area contributed by atoms with Crippen molar-refractivity contribution in [3.05, 3.63) is 0 Å². The zero-order valence-electron chi connectivity index (χ0n) is 16.1. The van der Waals surface area contributed by atoms with Crippen LogP contribution in [0.5, 0.6) is 0 Å². The molecule has 0 saturated carbocycles. The standard InChI is InChI=1S/C16H27N5O8/c1-7(2)13(16(28)29)21-14(26)8(3-4-10(18)22)20-15(27)9(5-12(24)25)19-11(23)6-17/h7-9,13H,3-6,17H2,1-2H3,(H2,18,22)(H,19,23)(H,20,27)(H,21,26)(H,24,25)(H,28,29). The summed E-state index contributed by atoms with van der Waals surface area (Å²) in [6, 6.07) is -4.18. The number of carbonyl (C=O) groups excluding carboxylic acids is 4. The van der Waals surface area contributed by atoms with Crippen molar-refractivity contribution in [1.29, 1.82) is 0 Å². The van der Waals surface area contributed by atoms with Crippen LogP contribution in [0.3, 0.4) is 0 Å². The highest BCUT2D eigenvalue weighted by atomic mass is 16.4. The van der Waals surface area contributed by atoms with Crippen molar-refractivity contribution < 1.29 is 39.0 Å². The van der Waals surface area contributed by atoms with E-state index in [9.17, 15) is 33.9 Å². The van der Waals surface area contributed by atoms with Crippen LogP contribution in [0.4, 0.5) is 0 Å². The van der Waals surface area contributed by atoms with Crippen molar-refractivity contribution in [2.24, 2.45) is 17.4 Å². The molecule has 4 amide bonds. The van der Waals surface area contributed by atoms with E-state index < -0.39 is 72.6 Å². The summed E-state index contributed by atoms with van der Waals surface area (Å²) in [5, 5.41) is 24.7. The van der Waals surface area contributed by atoms with Gasteiger partial charge in [0.1, 0.15) is 18.1 Å². The molecule has 3 unspecified atom stereocenters. The van der Waals surface area contributed by atoms with E-state index in [4.69, 9.17) is 16.6 Å². The molecular formula is C16H27N5O8. The Morgan fingerprint density at radius 3 is 1.86 bits per heavy atom. The Morgan fingerprint density at radius 1 is 0.897 bits per heavy atom. The summed E-state index contributed by atoms with van der Waals surface area (Å²) in [6.07, 6.45) is -1.36. The molecule has 9 N–H and O–H groups in total. The predicted molar refractivity (Wildman–Crippen MR) is 98.0 cm³/mol. The average molecular weight is 417 g/mol. The number of amides is 4. The van der Waals surface area contributed by atoms with Gasteiger partial charge in [-0.25, -0.2) is 4.79 Å². The lowest BCUT2D eigenvalue weighted by atomic mass is 10.0. The van der Waals surface area contributed by atoms with Crippen LogP contribution in [0.15, 0.2) is 0 Å². The smallest absolute Gasteiger partial charge is 0.326 e. The number of carboxylic acids is 2. The molecule has 0 fully saturated rings. The molecule has 0 aliphatic heterocycles. The molecule has 0 bridgehead atoms. The largest absolute Gasteiger partial charge is 0.481 e. The second kappa shape index (κ2) is 12.3. The van der Waals surface area contributed by atoms with E-state index in [2.05, 4.69) is 16.0 Å². The lowest BCUT2D eigenvalue weighted by Crippen LogP contribution is -2.57. The van der Waals surface area contributed by atoms with Gasteiger partial charge in [0, 0.05) is 6.42 Å². The van der Waals surface area contributed by atoms with Gasteiger partial charge in [0.15, 0.2) is 0 Å². The quantitative estimate of drug-likeness (QED) is 0.160. The van der Waals surface area contributed by atoms with Crippen molar-refractivity contribution in [3.63, 3.8) is 0 Å². The second-order valence-corrected chi connectivity index (χ2v) is 6.56. The number of carboxylic acid groups (broad SMARTS) is 2. The summed E-state index contributed by atoms with van der Waals surface area (Å²) >= 11 is 0. The molecule has 13 heteroatoms. The normalized spacial score (nSPS) is 13.7. The van der Waals surface area contributed by atoms with E-state index in [0.29, 0.717) is 0 Å². The van der Waals surface area contributed by atoms with Gasteiger partial charge in [-0.05, 0) is 12.3 Å². The first kappa shape index (κ1) is 25.8. The highest BCUT2D eigenvalue weighted by Gasteiger charge is 2.31. The number of nitrogens with two attached hydrogens (primary N) is 2. The summed E-state index contributed by atoms with van der Waals surface area (Å²) in [6.45, 7) is 2.62. The van der Waals surface area contributed by atoms with Gasteiger partial charge in [-0.15, -0.1) is 0 Å². The van der Waals surface area contributed by atoms with E-state index in [-0.39, 0.29) is 12.8 Å². The third-order valence-corrected chi connectivity index (χ3v) is 3.76. The molecule has 3 atom stereocenters. The number of nitrogens with one attached hydrogen (secondary N) is 3. The highest BCUT2D eigenvalue weighted by molar-refractivity contribution is 5.95. The zero-order valence-corrected chi connectivity index (χ0v) is 16.1. The molecule has 29 heavy (non-hydrogen) atoms. The van der Waals surface area contributed by atoms with Crippen LogP contribution in [0.25, 0.3) is 0 Å². The minimum absolute atomic E-state index is 0.262. The lowest BCUT2D eigenvalue weighted by Gasteiger charge is -2.25. The van der Waals surface area contributed by atoms with Crippen LogP contribution >= 0.6 is 0 Å². The summed E-state index contributed by atoms with van der Waals surface area (Å²) in [7, 11) is 0. The second-order valence-electron chi connectivity index (χ2n) is 6.56. The van der Waals surface area contributed by atoms with Gasteiger partial charge >= 0.3 is 11.9 Å². The first-order chi connectivity index (χ1) is 13.4. The Kier molecular flexibility index (Phi) is 10.9. The Hall–Kier alpha value is -3.22. The number of hydrogen-bond donors (Lipinski definition) is 7. The van der Waals surface area contributed by atoms with Gasteiger partial charge in [0.05, 0.1) is 13.0 Å². The molecule has 0 saturated heterocycles. The number of aliphatic carboxylic acids is 2. The maximum atomic E-state index is 12.5. The maximum absolute atomic E-state index is 12.5. The molecule has 0 rings (SSSR count). The molecule has 0 spiro atoms. The summed E-state index contributed by atoms with van der Waals surface area (Å²) < 4.78 is 0. The number of primary amides is 1. The average Bonchev–Trinajstić information content (AvgIpc) is 2.60. The molecule has 164 valence electrons. The van der Waals surface area contributed by atoms with Crippen molar-refractivity contribution in [1.82, 2.24) is 16.0 Å². The first-order valence-electron chi connectivity index (χ1n) is 8.72. The van der Waals surface area contributed by atoms with Crippen LogP contribution < -0.4 is 27.4 Å². The van der Waals surface area contributed by atoms with Crippen LogP contribution in [-0.4, -0.2) is 70.5 Å². The number of carbonyl (C=O) groups is 6. The fourth-order valence-corrected chi connectivity index (χ4v) is 2.23. The molecule has 0 aliphatic rings. The van der Waals surface area contributed by atoms with Gasteiger partial charge in [-0.2, -0.15) is 0 Å². The molecule has 0 aromatic heterocycles. The number of hydrogen-bond acceptors (Lipinski definition) is 7. The first-order valence-corrected chi connectivity index (χ1v) is 8.72. The molecule has 0 heterocycles. The Morgan fingerprint density at radius 2 is 1.45 bits per heavy atom. The van der Waals surface area contributed by atoms with Gasteiger partial charge in [0.25, 0.3) is 0 Å². The third-order valence-electron chi connectivity index (χ3n) is 3.76. The predicted octanol–water partition coefficient (Wildman–Crippen LogP) is -3.12. The monoisotopic (exact) mass is 417 g/mol. The zero-order chi connectivity index (χ0) is 22.7. The summed E-state index contributed by atoms with van der Waals surface area (Å²) in [5.74, 6) is -6.66. The fourth-order valence-electron chi connectivity index (χ4n) is 2.23. The molecule has 0 aromatic rings. The SMILES string of the molecule is CC(C)C(NC(=O)C(CCC(N)=O)NC(=O)C(CC(=O)O)NC(=O)CN)C(=O)O. The summed E-state index contributed by atoms with van der Waals surface area (Å²) in [4.78, 5) is 69.6. The van der Waals surface area contributed by atoms with Crippen molar-refractivity contribution in [2.75, 3.05) is 6.54 Å². The van der Waals surface area contributed by atoms with E-state index in [1.807, 2.05) is 0 Å². The van der Waals surface area contributed by atoms with E-state index in [1.54, 1.807) is 13.8 Å². The maximum Gasteiger partial charge on any atom is 0.326 e. The van der Waals surface area contributed by atoms with Crippen LogP contribution in [-0.2, 0) is 28.8 Å². The van der Waals surface area contributed by atoms with E-state index >= 15 is 0 Å².